The average molecular weight is 504 g/mol. The van der Waals surface area contributed by atoms with E-state index in [1.54, 1.807) is 6.92 Å². The highest BCUT2D eigenvalue weighted by Gasteiger charge is 2.53. The third-order valence-corrected chi connectivity index (χ3v) is 7.82. The second-order valence-corrected chi connectivity index (χ2v) is 10.9. The molecule has 14 heteroatoms. The molecule has 1 aliphatic heterocycles. The molecule has 0 radical (unpaired) electrons. The van der Waals surface area contributed by atoms with E-state index < -0.39 is 44.1 Å². The Labute approximate surface area is 192 Å². The summed E-state index contributed by atoms with van der Waals surface area (Å²) in [5, 5.41) is 19.5. The average Bonchev–Trinajstić information content (AvgIpc) is 2.74. The van der Waals surface area contributed by atoms with Crippen molar-refractivity contribution in [3.05, 3.63) is 24.3 Å². The predicted molar refractivity (Wildman–Crippen MR) is 117 cm³/mol. The normalized spacial score (nSPS) is 15.9. The minimum Gasteiger partial charge on any atom is -0.481 e. The molecule has 0 amide bonds. The van der Waals surface area contributed by atoms with Crippen molar-refractivity contribution in [2.75, 3.05) is 45.6 Å². The number of carboxylic acids is 2. The highest BCUT2D eigenvalue weighted by Crippen LogP contribution is 2.22. The van der Waals surface area contributed by atoms with Gasteiger partial charge in [-0.2, -0.15) is 4.31 Å². The quantitative estimate of drug-likeness (QED) is 0.262. The first kappa shape index (κ1) is 26.6. The van der Waals surface area contributed by atoms with Gasteiger partial charge >= 0.3 is 11.9 Å². The van der Waals surface area contributed by atoms with Gasteiger partial charge in [-0.25, -0.2) is 31.1 Å². The number of nitrogens with one attached hydrogen (secondary N) is 1. The molecule has 0 atom stereocenters. The number of carboxylic acid groups (broad SMARTS) is 2. The fourth-order valence-electron chi connectivity index (χ4n) is 3.22. The summed E-state index contributed by atoms with van der Waals surface area (Å²) < 4.78 is 57.2. The van der Waals surface area contributed by atoms with Gasteiger partial charge in [0.05, 0.1) is 17.7 Å². The third-order valence-electron chi connectivity index (χ3n) is 5.09. The minimum atomic E-state index is -4.27. The summed E-state index contributed by atoms with van der Waals surface area (Å²) in [6.07, 6.45) is 0.992. The van der Waals surface area contributed by atoms with E-state index >= 15 is 0 Å². The molecule has 33 heavy (non-hydrogen) atoms. The fourth-order valence-corrected chi connectivity index (χ4v) is 5.10. The highest BCUT2D eigenvalue weighted by molar-refractivity contribution is 7.89. The molecule has 0 spiro atoms. The molecule has 1 heterocycles. The molecule has 2 rings (SSSR count). The van der Waals surface area contributed by atoms with Crippen LogP contribution < -0.4 is 9.46 Å². The van der Waals surface area contributed by atoms with Crippen molar-refractivity contribution in [3.63, 3.8) is 0 Å². The number of benzene rings is 1. The predicted octanol–water partition coefficient (Wildman–Crippen LogP) is -1.15. The number of nitrogens with zero attached hydrogens (tertiary/aromatic N) is 2. The lowest BCUT2D eigenvalue weighted by atomic mass is 9.96. The Kier molecular flexibility index (Phi) is 8.44. The van der Waals surface area contributed by atoms with Crippen LogP contribution in [0.25, 0.3) is 0 Å². The number of ether oxygens (including phenoxy) is 1. The van der Waals surface area contributed by atoms with Gasteiger partial charge in [0.15, 0.2) is 0 Å². The molecular formula is C19H25N3O9S2. The molecule has 1 aromatic rings. The van der Waals surface area contributed by atoms with Crippen LogP contribution in [-0.4, -0.2) is 99.3 Å². The van der Waals surface area contributed by atoms with Crippen LogP contribution in [0.2, 0.25) is 0 Å². The molecule has 0 aliphatic carbocycles. The molecular weight excluding hydrogens is 478 g/mol. The fraction of sp³-hybridized carbons (Fsp3) is 0.474. The molecule has 1 saturated heterocycles. The second-order valence-electron chi connectivity index (χ2n) is 7.13. The Hall–Kier alpha value is -2.70. The molecule has 1 aromatic carbocycles. The van der Waals surface area contributed by atoms with E-state index in [4.69, 9.17) is 4.74 Å². The van der Waals surface area contributed by atoms with Gasteiger partial charge in [-0.15, -0.1) is 5.92 Å². The Balaban J connectivity index is 2.21. The summed E-state index contributed by atoms with van der Waals surface area (Å²) in [4.78, 5) is 24.9. The van der Waals surface area contributed by atoms with E-state index in [1.807, 2.05) is 0 Å². The van der Waals surface area contributed by atoms with Crippen LogP contribution in [-0.2, 0) is 29.6 Å². The molecule has 0 aromatic heterocycles. The Morgan fingerprint density at radius 1 is 1.06 bits per heavy atom. The standard InChI is InChI=1S/C19H25N3O9S2/c1-3-4-13-31-15-5-7-16(8-6-15)33(29,30)20-14-19(17(23)24,18(25)26)21-9-11-22(12-10-21)32(2,27)28/h5-8,20H,9-14H2,1-2H3,(H,23,24)(H,25,26). The molecule has 1 fully saturated rings. The van der Waals surface area contributed by atoms with E-state index in [2.05, 4.69) is 16.6 Å². The molecule has 0 bridgehead atoms. The maximum Gasteiger partial charge on any atom is 0.337 e. The number of hydrogen-bond donors (Lipinski definition) is 3. The lowest BCUT2D eigenvalue weighted by molar-refractivity contribution is -0.168. The SMILES string of the molecule is CC#CCOc1ccc(S(=O)(=O)NCC(C(=O)O)(C(=O)O)N2CCN(S(C)(=O)=O)CC2)cc1. The number of sulfonamides is 2. The lowest BCUT2D eigenvalue weighted by Crippen LogP contribution is -2.69. The monoisotopic (exact) mass is 503 g/mol. The molecule has 3 N–H and O–H groups in total. The van der Waals surface area contributed by atoms with E-state index in [9.17, 15) is 36.6 Å². The smallest absolute Gasteiger partial charge is 0.337 e. The molecule has 1 aliphatic rings. The Morgan fingerprint density at radius 2 is 1.61 bits per heavy atom. The number of aliphatic carboxylic acids is 2. The number of hydrogen-bond acceptors (Lipinski definition) is 8. The summed E-state index contributed by atoms with van der Waals surface area (Å²) in [5.41, 5.74) is -2.63. The first-order valence-electron chi connectivity index (χ1n) is 9.63. The summed E-state index contributed by atoms with van der Waals surface area (Å²) in [6.45, 7) is 0.122. The van der Waals surface area contributed by atoms with Crippen molar-refractivity contribution in [2.45, 2.75) is 17.4 Å². The van der Waals surface area contributed by atoms with Crippen LogP contribution in [0.15, 0.2) is 29.2 Å². The highest BCUT2D eigenvalue weighted by atomic mass is 32.2. The zero-order chi connectivity index (χ0) is 24.9. The van der Waals surface area contributed by atoms with Gasteiger partial charge in [-0.1, -0.05) is 5.92 Å². The number of piperazine rings is 1. The van der Waals surface area contributed by atoms with E-state index in [-0.39, 0.29) is 37.7 Å². The number of carbonyl (C=O) groups is 2. The topological polar surface area (TPSA) is 171 Å². The van der Waals surface area contributed by atoms with Gasteiger partial charge in [0.25, 0.3) is 0 Å². The van der Waals surface area contributed by atoms with E-state index in [0.717, 1.165) is 15.5 Å². The number of rotatable bonds is 10. The molecule has 0 saturated carbocycles. The third kappa shape index (κ3) is 6.21. The zero-order valence-electron chi connectivity index (χ0n) is 18.0. The molecule has 0 unspecified atom stereocenters. The van der Waals surface area contributed by atoms with Crippen molar-refractivity contribution in [3.8, 4) is 17.6 Å². The summed E-state index contributed by atoms with van der Waals surface area (Å²) in [5.74, 6) is 2.16. The van der Waals surface area contributed by atoms with Gasteiger partial charge in [0.2, 0.25) is 25.6 Å². The van der Waals surface area contributed by atoms with Gasteiger partial charge in [-0.05, 0) is 31.2 Å². The van der Waals surface area contributed by atoms with E-state index in [1.165, 1.54) is 24.3 Å². The molecule has 182 valence electrons. The van der Waals surface area contributed by atoms with Crippen molar-refractivity contribution in [2.24, 2.45) is 0 Å². The maximum atomic E-state index is 12.7. The minimum absolute atomic E-state index is 0.118. The summed E-state index contributed by atoms with van der Waals surface area (Å²) in [6, 6.07) is 5.23. The van der Waals surface area contributed by atoms with Crippen molar-refractivity contribution in [1.29, 1.82) is 0 Å². The van der Waals surface area contributed by atoms with Gasteiger partial charge in [-0.3, -0.25) is 4.90 Å². The van der Waals surface area contributed by atoms with Crippen LogP contribution in [0.4, 0.5) is 0 Å². The maximum absolute atomic E-state index is 12.7. The van der Waals surface area contributed by atoms with Gasteiger partial charge in [0.1, 0.15) is 12.4 Å². The second kappa shape index (κ2) is 10.5. The van der Waals surface area contributed by atoms with Crippen LogP contribution in [0.1, 0.15) is 6.92 Å². The van der Waals surface area contributed by atoms with Crippen LogP contribution >= 0.6 is 0 Å². The summed E-state index contributed by atoms with van der Waals surface area (Å²) in [7, 11) is -7.80. The van der Waals surface area contributed by atoms with Gasteiger partial charge in [0, 0.05) is 26.2 Å². The first-order valence-corrected chi connectivity index (χ1v) is 13.0. The lowest BCUT2D eigenvalue weighted by Gasteiger charge is -2.41. The van der Waals surface area contributed by atoms with Crippen LogP contribution in [0, 0.1) is 11.8 Å². The van der Waals surface area contributed by atoms with Crippen LogP contribution in [0.3, 0.4) is 0 Å². The zero-order valence-corrected chi connectivity index (χ0v) is 19.6. The first-order chi connectivity index (χ1) is 15.3. The van der Waals surface area contributed by atoms with Crippen LogP contribution in [0.5, 0.6) is 5.75 Å². The Morgan fingerprint density at radius 3 is 2.06 bits per heavy atom. The van der Waals surface area contributed by atoms with Crippen molar-refractivity contribution in [1.82, 2.24) is 13.9 Å². The largest absolute Gasteiger partial charge is 0.481 e. The van der Waals surface area contributed by atoms with Crippen molar-refractivity contribution >= 4 is 32.0 Å². The molecule has 12 nitrogen and oxygen atoms in total. The summed E-state index contributed by atoms with van der Waals surface area (Å²) >= 11 is 0. The van der Waals surface area contributed by atoms with Crippen molar-refractivity contribution < 1.29 is 41.4 Å². The van der Waals surface area contributed by atoms with Gasteiger partial charge < -0.3 is 14.9 Å². The Bertz CT molecular complexity index is 1130. The van der Waals surface area contributed by atoms with E-state index in [0.29, 0.717) is 5.75 Å².